The second-order valence-corrected chi connectivity index (χ2v) is 5.03. The second-order valence-electron chi connectivity index (χ2n) is 5.03. The summed E-state index contributed by atoms with van der Waals surface area (Å²) in [6.45, 7) is 2.02. The van der Waals surface area contributed by atoms with Gasteiger partial charge < -0.3 is 5.32 Å². The number of alkyl halides is 3. The van der Waals surface area contributed by atoms with Gasteiger partial charge in [0.1, 0.15) is 5.82 Å². The highest BCUT2D eigenvalue weighted by Gasteiger charge is 2.39. The van der Waals surface area contributed by atoms with Gasteiger partial charge in [-0.2, -0.15) is 13.2 Å². The molecule has 1 N–H and O–H groups in total. The van der Waals surface area contributed by atoms with Gasteiger partial charge in [0, 0.05) is 6.04 Å². The fourth-order valence-corrected chi connectivity index (χ4v) is 2.29. The molecule has 1 saturated carbocycles. The van der Waals surface area contributed by atoms with Crippen LogP contribution in [0, 0.1) is 11.7 Å². The first kappa shape index (κ1) is 14.8. The lowest BCUT2D eigenvalue weighted by molar-refractivity contribution is -0.140. The first-order valence-electron chi connectivity index (χ1n) is 6.51. The van der Waals surface area contributed by atoms with Crippen LogP contribution in [0.15, 0.2) is 18.2 Å². The van der Waals surface area contributed by atoms with Gasteiger partial charge in [0.05, 0.1) is 11.1 Å². The summed E-state index contributed by atoms with van der Waals surface area (Å²) in [7, 11) is 0. The monoisotopic (exact) mass is 289 g/mol. The fourth-order valence-electron chi connectivity index (χ4n) is 2.29. The highest BCUT2D eigenvalue weighted by atomic mass is 19.4. The van der Waals surface area contributed by atoms with Crippen molar-refractivity contribution in [1.82, 2.24) is 5.32 Å². The second kappa shape index (κ2) is 5.42. The van der Waals surface area contributed by atoms with Gasteiger partial charge in [-0.05, 0) is 30.9 Å². The molecule has 1 aliphatic carbocycles. The zero-order valence-electron chi connectivity index (χ0n) is 10.9. The molecule has 1 amide bonds. The SMILES string of the molecule is CCCC1CC1NC(=O)c1cccc(C(F)(F)F)c1F. The zero-order valence-corrected chi connectivity index (χ0v) is 10.9. The van der Waals surface area contributed by atoms with E-state index < -0.39 is 29.0 Å². The molecule has 0 saturated heterocycles. The van der Waals surface area contributed by atoms with Gasteiger partial charge in [0.2, 0.25) is 0 Å². The number of amides is 1. The van der Waals surface area contributed by atoms with Crippen molar-refractivity contribution in [3.63, 3.8) is 0 Å². The molecule has 0 radical (unpaired) electrons. The molecule has 0 aromatic heterocycles. The van der Waals surface area contributed by atoms with Crippen molar-refractivity contribution in [3.8, 4) is 0 Å². The maximum Gasteiger partial charge on any atom is 0.419 e. The molecule has 2 atom stereocenters. The molecule has 0 spiro atoms. The number of benzene rings is 1. The number of rotatable bonds is 4. The Kier molecular flexibility index (Phi) is 4.01. The van der Waals surface area contributed by atoms with Gasteiger partial charge in [-0.3, -0.25) is 4.79 Å². The minimum Gasteiger partial charge on any atom is -0.349 e. The van der Waals surface area contributed by atoms with Gasteiger partial charge in [-0.1, -0.05) is 19.4 Å². The molecule has 110 valence electrons. The maximum atomic E-state index is 13.8. The predicted molar refractivity (Wildman–Crippen MR) is 65.7 cm³/mol. The third-order valence-electron chi connectivity index (χ3n) is 3.45. The standard InChI is InChI=1S/C14H15F4NO/c1-2-4-8-7-11(8)19-13(20)9-5-3-6-10(12(9)15)14(16,17)18/h3,5-6,8,11H,2,4,7H2,1H3,(H,19,20). The molecule has 0 aliphatic heterocycles. The first-order chi connectivity index (χ1) is 9.34. The first-order valence-corrected chi connectivity index (χ1v) is 6.51. The predicted octanol–water partition coefficient (Wildman–Crippen LogP) is 3.76. The van der Waals surface area contributed by atoms with Crippen molar-refractivity contribution in [1.29, 1.82) is 0 Å². The minimum absolute atomic E-state index is 0.0450. The molecule has 1 aromatic rings. The molecule has 2 unspecified atom stereocenters. The van der Waals surface area contributed by atoms with E-state index in [0.717, 1.165) is 31.4 Å². The Morgan fingerprint density at radius 3 is 2.70 bits per heavy atom. The van der Waals surface area contributed by atoms with Gasteiger partial charge >= 0.3 is 6.18 Å². The summed E-state index contributed by atoms with van der Waals surface area (Å²) >= 11 is 0. The molecule has 6 heteroatoms. The maximum absolute atomic E-state index is 13.8. The van der Waals surface area contributed by atoms with E-state index in [0.29, 0.717) is 12.0 Å². The summed E-state index contributed by atoms with van der Waals surface area (Å²) in [4.78, 5) is 11.8. The van der Waals surface area contributed by atoms with E-state index in [1.807, 2.05) is 6.92 Å². The molecule has 2 rings (SSSR count). The van der Waals surface area contributed by atoms with Gasteiger partial charge in [-0.15, -0.1) is 0 Å². The van der Waals surface area contributed by atoms with Crippen LogP contribution >= 0.6 is 0 Å². The smallest absolute Gasteiger partial charge is 0.349 e. The number of carbonyl (C=O) groups excluding carboxylic acids is 1. The summed E-state index contributed by atoms with van der Waals surface area (Å²) in [5, 5.41) is 2.58. The van der Waals surface area contributed by atoms with E-state index in [-0.39, 0.29) is 6.04 Å². The van der Waals surface area contributed by atoms with Crippen LogP contribution < -0.4 is 5.32 Å². The number of hydrogen-bond donors (Lipinski definition) is 1. The van der Waals surface area contributed by atoms with Crippen LogP contribution in [0.5, 0.6) is 0 Å². The van der Waals surface area contributed by atoms with Gasteiger partial charge in [-0.25, -0.2) is 4.39 Å². The Morgan fingerprint density at radius 2 is 2.10 bits per heavy atom. The summed E-state index contributed by atoms with van der Waals surface area (Å²) in [5.41, 5.74) is -1.96. The van der Waals surface area contributed by atoms with E-state index in [1.165, 1.54) is 0 Å². The van der Waals surface area contributed by atoms with E-state index in [4.69, 9.17) is 0 Å². The number of hydrogen-bond acceptors (Lipinski definition) is 1. The molecule has 0 heterocycles. The molecule has 0 bridgehead atoms. The summed E-state index contributed by atoms with van der Waals surface area (Å²) in [6, 6.07) is 2.69. The Morgan fingerprint density at radius 1 is 1.40 bits per heavy atom. The third-order valence-corrected chi connectivity index (χ3v) is 3.45. The number of halogens is 4. The largest absolute Gasteiger partial charge is 0.419 e. The number of carbonyl (C=O) groups is 1. The average molecular weight is 289 g/mol. The van der Waals surface area contributed by atoms with Crippen LogP contribution in [0.2, 0.25) is 0 Å². The average Bonchev–Trinajstić information content (AvgIpc) is 3.06. The van der Waals surface area contributed by atoms with Crippen LogP contribution in [-0.4, -0.2) is 11.9 Å². The topological polar surface area (TPSA) is 29.1 Å². The quantitative estimate of drug-likeness (QED) is 0.840. The van der Waals surface area contributed by atoms with E-state index in [1.54, 1.807) is 0 Å². The molecule has 20 heavy (non-hydrogen) atoms. The van der Waals surface area contributed by atoms with Crippen LogP contribution in [0.4, 0.5) is 17.6 Å². The summed E-state index contributed by atoms with van der Waals surface area (Å²) in [5.74, 6) is -1.93. The Hall–Kier alpha value is -1.59. The van der Waals surface area contributed by atoms with E-state index in [9.17, 15) is 22.4 Å². The van der Waals surface area contributed by atoms with Gasteiger partial charge in [0.25, 0.3) is 5.91 Å². The van der Waals surface area contributed by atoms with Crippen molar-refractivity contribution < 1.29 is 22.4 Å². The zero-order chi connectivity index (χ0) is 14.9. The molecule has 1 aromatic carbocycles. The summed E-state index contributed by atoms with van der Waals surface area (Å²) < 4.78 is 51.4. The van der Waals surface area contributed by atoms with E-state index in [2.05, 4.69) is 5.32 Å². The molecule has 1 fully saturated rings. The van der Waals surface area contributed by atoms with Crippen LogP contribution in [0.25, 0.3) is 0 Å². The van der Waals surface area contributed by atoms with Crippen molar-refractivity contribution in [2.45, 2.75) is 38.4 Å². The highest BCUT2D eigenvalue weighted by Crippen LogP contribution is 2.35. The van der Waals surface area contributed by atoms with Crippen LogP contribution in [-0.2, 0) is 6.18 Å². The Bertz CT molecular complexity index is 512. The van der Waals surface area contributed by atoms with Crippen molar-refractivity contribution in [2.75, 3.05) is 0 Å². The van der Waals surface area contributed by atoms with Crippen molar-refractivity contribution in [2.24, 2.45) is 5.92 Å². The lowest BCUT2D eigenvalue weighted by Crippen LogP contribution is -2.28. The molecule has 2 nitrogen and oxygen atoms in total. The molecule has 1 aliphatic rings. The van der Waals surface area contributed by atoms with Gasteiger partial charge in [0.15, 0.2) is 0 Å². The lowest BCUT2D eigenvalue weighted by Gasteiger charge is -2.11. The lowest BCUT2D eigenvalue weighted by atomic mass is 10.1. The molecular weight excluding hydrogens is 274 g/mol. The van der Waals surface area contributed by atoms with Crippen molar-refractivity contribution >= 4 is 5.91 Å². The minimum atomic E-state index is -4.80. The molecular formula is C14H15F4NO. The van der Waals surface area contributed by atoms with Crippen LogP contribution in [0.3, 0.4) is 0 Å². The van der Waals surface area contributed by atoms with E-state index >= 15 is 0 Å². The van der Waals surface area contributed by atoms with Crippen molar-refractivity contribution in [3.05, 3.63) is 35.1 Å². The highest BCUT2D eigenvalue weighted by molar-refractivity contribution is 5.95. The fraction of sp³-hybridized carbons (Fsp3) is 0.500. The van der Waals surface area contributed by atoms with Crippen LogP contribution in [0.1, 0.15) is 42.1 Å². The third kappa shape index (κ3) is 3.11. The Balaban J connectivity index is 2.11. The normalized spacial score (nSPS) is 21.6. The number of nitrogens with one attached hydrogen (secondary N) is 1. The Labute approximate surface area is 114 Å². The summed E-state index contributed by atoms with van der Waals surface area (Å²) in [6.07, 6.45) is -2.06.